The zero-order valence-corrected chi connectivity index (χ0v) is 14.5. The van der Waals surface area contributed by atoms with Crippen molar-refractivity contribution in [3.8, 4) is 0 Å². The summed E-state index contributed by atoms with van der Waals surface area (Å²) < 4.78 is 0. The Hall–Kier alpha value is -2.11. The number of nitrogens with one attached hydrogen (secondary N) is 2. The lowest BCUT2D eigenvalue weighted by atomic mass is 9.66. The Morgan fingerprint density at radius 2 is 2.16 bits per heavy atom. The molecule has 0 spiro atoms. The second-order valence-corrected chi connectivity index (χ2v) is 7.64. The van der Waals surface area contributed by atoms with Crippen molar-refractivity contribution in [2.45, 2.75) is 62.4 Å². The molecule has 3 aliphatic rings. The molecule has 2 unspecified atom stereocenters. The summed E-state index contributed by atoms with van der Waals surface area (Å²) in [7, 11) is 0. The Morgan fingerprint density at radius 3 is 2.88 bits per heavy atom. The SMILES string of the molecule is O=C(NCC1(c2ccccn2)CCC1)NC1CC(=O)N2CCCCC12. The van der Waals surface area contributed by atoms with Crippen molar-refractivity contribution in [2.75, 3.05) is 13.1 Å². The summed E-state index contributed by atoms with van der Waals surface area (Å²) in [5.41, 5.74) is 1.04. The van der Waals surface area contributed by atoms with E-state index in [1.807, 2.05) is 29.3 Å². The van der Waals surface area contributed by atoms with Gasteiger partial charge in [-0.2, -0.15) is 0 Å². The smallest absolute Gasteiger partial charge is 0.315 e. The van der Waals surface area contributed by atoms with E-state index in [-0.39, 0.29) is 29.4 Å². The monoisotopic (exact) mass is 342 g/mol. The van der Waals surface area contributed by atoms with Gasteiger partial charge in [0, 0.05) is 36.8 Å². The van der Waals surface area contributed by atoms with Gasteiger partial charge in [0.05, 0.1) is 12.1 Å². The Morgan fingerprint density at radius 1 is 1.28 bits per heavy atom. The van der Waals surface area contributed by atoms with Crippen molar-refractivity contribution in [2.24, 2.45) is 0 Å². The number of pyridine rings is 1. The summed E-state index contributed by atoms with van der Waals surface area (Å²) >= 11 is 0. The van der Waals surface area contributed by atoms with E-state index in [1.54, 1.807) is 0 Å². The topological polar surface area (TPSA) is 74.3 Å². The highest BCUT2D eigenvalue weighted by atomic mass is 16.2. The van der Waals surface area contributed by atoms with Gasteiger partial charge in [-0.05, 0) is 44.2 Å². The molecule has 6 nitrogen and oxygen atoms in total. The van der Waals surface area contributed by atoms with Crippen LogP contribution in [0.5, 0.6) is 0 Å². The van der Waals surface area contributed by atoms with Crippen LogP contribution in [0.2, 0.25) is 0 Å². The van der Waals surface area contributed by atoms with Gasteiger partial charge in [-0.1, -0.05) is 12.5 Å². The minimum atomic E-state index is -0.160. The number of piperidine rings is 1. The highest BCUT2D eigenvalue weighted by molar-refractivity contribution is 5.82. The number of urea groups is 1. The first kappa shape index (κ1) is 16.4. The van der Waals surface area contributed by atoms with Gasteiger partial charge in [0.15, 0.2) is 0 Å². The second kappa shape index (κ2) is 6.65. The van der Waals surface area contributed by atoms with Gasteiger partial charge < -0.3 is 15.5 Å². The first-order valence-corrected chi connectivity index (χ1v) is 9.43. The molecule has 3 heterocycles. The number of amides is 3. The van der Waals surface area contributed by atoms with Gasteiger partial charge in [-0.3, -0.25) is 9.78 Å². The van der Waals surface area contributed by atoms with Crippen molar-refractivity contribution >= 4 is 11.9 Å². The van der Waals surface area contributed by atoms with Crippen molar-refractivity contribution in [3.05, 3.63) is 30.1 Å². The molecule has 3 fully saturated rings. The van der Waals surface area contributed by atoms with Crippen LogP contribution in [0.3, 0.4) is 0 Å². The summed E-state index contributed by atoms with van der Waals surface area (Å²) in [5.74, 6) is 0.180. The molecule has 1 aliphatic carbocycles. The van der Waals surface area contributed by atoms with Gasteiger partial charge >= 0.3 is 6.03 Å². The highest BCUT2D eigenvalue weighted by Gasteiger charge is 2.42. The van der Waals surface area contributed by atoms with Crippen LogP contribution in [0.25, 0.3) is 0 Å². The molecule has 1 aromatic rings. The molecule has 6 heteroatoms. The Kier molecular flexibility index (Phi) is 4.36. The third-order valence-electron chi connectivity index (χ3n) is 6.15. The minimum Gasteiger partial charge on any atom is -0.338 e. The number of rotatable bonds is 4. The predicted octanol–water partition coefficient (Wildman–Crippen LogP) is 1.96. The van der Waals surface area contributed by atoms with Gasteiger partial charge in [-0.15, -0.1) is 0 Å². The van der Waals surface area contributed by atoms with E-state index in [2.05, 4.69) is 15.6 Å². The lowest BCUT2D eigenvalue weighted by Gasteiger charge is -2.41. The maximum atomic E-state index is 12.4. The molecular formula is C19H26N4O2. The zero-order valence-electron chi connectivity index (χ0n) is 14.5. The van der Waals surface area contributed by atoms with Crippen LogP contribution >= 0.6 is 0 Å². The largest absolute Gasteiger partial charge is 0.338 e. The van der Waals surface area contributed by atoms with E-state index >= 15 is 0 Å². The molecule has 25 heavy (non-hydrogen) atoms. The minimum absolute atomic E-state index is 0.0268. The van der Waals surface area contributed by atoms with Crippen LogP contribution in [-0.4, -0.2) is 47.0 Å². The summed E-state index contributed by atoms with van der Waals surface area (Å²) in [4.78, 5) is 31.0. The van der Waals surface area contributed by atoms with E-state index in [0.29, 0.717) is 13.0 Å². The fourth-order valence-electron chi connectivity index (χ4n) is 4.55. The van der Waals surface area contributed by atoms with Crippen LogP contribution in [0.1, 0.15) is 50.6 Å². The van der Waals surface area contributed by atoms with Crippen molar-refractivity contribution in [1.29, 1.82) is 0 Å². The van der Waals surface area contributed by atoms with Crippen molar-refractivity contribution in [3.63, 3.8) is 0 Å². The molecule has 3 amide bonds. The molecule has 0 bridgehead atoms. The fourth-order valence-corrected chi connectivity index (χ4v) is 4.55. The van der Waals surface area contributed by atoms with E-state index in [4.69, 9.17) is 0 Å². The molecular weight excluding hydrogens is 316 g/mol. The van der Waals surface area contributed by atoms with Crippen LogP contribution in [0.4, 0.5) is 4.79 Å². The number of carbonyl (C=O) groups is 2. The lowest BCUT2D eigenvalue weighted by molar-refractivity contribution is -0.129. The van der Waals surface area contributed by atoms with Crippen LogP contribution in [0.15, 0.2) is 24.4 Å². The summed E-state index contributed by atoms with van der Waals surface area (Å²) in [6.45, 7) is 1.44. The number of hydrogen-bond acceptors (Lipinski definition) is 3. The standard InChI is InChI=1S/C19H26N4O2/c24-17-12-14(15-6-2-4-11-23(15)17)22-18(25)21-13-19(8-5-9-19)16-7-1-3-10-20-16/h1,3,7,10,14-15H,2,4-6,8-9,11-13H2,(H2,21,22,25). The summed E-state index contributed by atoms with van der Waals surface area (Å²) in [6.07, 6.45) is 8.75. The molecule has 0 aromatic carbocycles. The quantitative estimate of drug-likeness (QED) is 0.878. The second-order valence-electron chi connectivity index (χ2n) is 7.64. The van der Waals surface area contributed by atoms with E-state index in [1.165, 1.54) is 6.42 Å². The highest BCUT2D eigenvalue weighted by Crippen LogP contribution is 2.42. The van der Waals surface area contributed by atoms with Crippen LogP contribution in [0, 0.1) is 0 Å². The summed E-state index contributed by atoms with van der Waals surface area (Å²) in [6, 6.07) is 5.94. The fraction of sp³-hybridized carbons (Fsp3) is 0.632. The Bertz CT molecular complexity index is 644. The van der Waals surface area contributed by atoms with E-state index in [9.17, 15) is 9.59 Å². The zero-order chi connectivity index (χ0) is 17.3. The molecule has 2 atom stereocenters. The van der Waals surface area contributed by atoms with Gasteiger partial charge in [-0.25, -0.2) is 4.79 Å². The first-order chi connectivity index (χ1) is 12.2. The molecule has 2 N–H and O–H groups in total. The maximum Gasteiger partial charge on any atom is 0.315 e. The third-order valence-corrected chi connectivity index (χ3v) is 6.15. The van der Waals surface area contributed by atoms with Gasteiger partial charge in [0.25, 0.3) is 0 Å². The normalized spacial score (nSPS) is 27.4. The molecule has 2 aliphatic heterocycles. The van der Waals surface area contributed by atoms with Crippen molar-refractivity contribution < 1.29 is 9.59 Å². The van der Waals surface area contributed by atoms with E-state index in [0.717, 1.165) is 44.3 Å². The van der Waals surface area contributed by atoms with E-state index < -0.39 is 0 Å². The average molecular weight is 342 g/mol. The first-order valence-electron chi connectivity index (χ1n) is 9.43. The number of hydrogen-bond donors (Lipinski definition) is 2. The average Bonchev–Trinajstić information content (AvgIpc) is 2.91. The molecule has 134 valence electrons. The van der Waals surface area contributed by atoms with Crippen LogP contribution < -0.4 is 10.6 Å². The molecule has 1 aromatic heterocycles. The Labute approximate surface area is 148 Å². The maximum absolute atomic E-state index is 12.4. The molecule has 2 saturated heterocycles. The summed E-state index contributed by atoms with van der Waals surface area (Å²) in [5, 5.41) is 6.09. The van der Waals surface area contributed by atoms with Gasteiger partial charge in [0.2, 0.25) is 5.91 Å². The number of nitrogens with zero attached hydrogens (tertiary/aromatic N) is 2. The molecule has 4 rings (SSSR count). The number of aromatic nitrogens is 1. The number of fused-ring (bicyclic) bond motifs is 1. The number of carbonyl (C=O) groups excluding carboxylic acids is 2. The lowest BCUT2D eigenvalue weighted by Crippen LogP contribution is -2.53. The van der Waals surface area contributed by atoms with Gasteiger partial charge in [0.1, 0.15) is 0 Å². The predicted molar refractivity (Wildman–Crippen MR) is 94.1 cm³/mol. The molecule has 1 saturated carbocycles. The van der Waals surface area contributed by atoms with Crippen LogP contribution in [-0.2, 0) is 10.2 Å². The molecule has 0 radical (unpaired) electrons. The van der Waals surface area contributed by atoms with Crippen molar-refractivity contribution in [1.82, 2.24) is 20.5 Å². The Balaban J connectivity index is 1.34. The third kappa shape index (κ3) is 3.10.